The van der Waals surface area contributed by atoms with Gasteiger partial charge in [-0.1, -0.05) is 6.07 Å². The third-order valence-corrected chi connectivity index (χ3v) is 5.66. The van der Waals surface area contributed by atoms with E-state index in [9.17, 15) is 9.59 Å². The van der Waals surface area contributed by atoms with Gasteiger partial charge in [-0.3, -0.25) is 9.59 Å². The molecule has 162 valence electrons. The van der Waals surface area contributed by atoms with Gasteiger partial charge in [0.1, 0.15) is 0 Å². The Balaban J connectivity index is 1.63. The lowest BCUT2D eigenvalue weighted by atomic mass is 10.00. The molecule has 1 fully saturated rings. The minimum Gasteiger partial charge on any atom is -0.467 e. The van der Waals surface area contributed by atoms with Crippen molar-refractivity contribution in [1.82, 2.24) is 19.9 Å². The van der Waals surface area contributed by atoms with E-state index in [0.29, 0.717) is 42.9 Å². The van der Waals surface area contributed by atoms with Gasteiger partial charge in [-0.15, -0.1) is 0 Å². The molecule has 0 aliphatic carbocycles. The van der Waals surface area contributed by atoms with Gasteiger partial charge in [-0.05, 0) is 29.8 Å². The molecule has 0 unspecified atom stereocenters. The summed E-state index contributed by atoms with van der Waals surface area (Å²) in [7, 11) is 1.50. The lowest BCUT2D eigenvalue weighted by Gasteiger charge is -2.26. The average Bonchev–Trinajstić information content (AvgIpc) is 3.21. The van der Waals surface area contributed by atoms with Crippen LogP contribution in [0.4, 0.5) is 0 Å². The molecular weight excluding hydrogens is 410 g/mol. The number of carbonyl (C=O) groups is 2. The summed E-state index contributed by atoms with van der Waals surface area (Å²) in [5.74, 6) is -0.595. The van der Waals surface area contributed by atoms with Gasteiger partial charge in [0.05, 0.1) is 31.4 Å². The molecule has 0 saturated carbocycles. The largest absolute Gasteiger partial charge is 0.467 e. The van der Waals surface area contributed by atoms with E-state index in [1.165, 1.54) is 7.11 Å². The molecule has 1 saturated heterocycles. The number of hydrogen-bond donors (Lipinski definition) is 2. The predicted octanol–water partition coefficient (Wildman–Crippen LogP) is 2.36. The first-order valence-corrected chi connectivity index (χ1v) is 10.2. The zero-order valence-electron chi connectivity index (χ0n) is 17.4. The molecule has 0 bridgehead atoms. The van der Waals surface area contributed by atoms with Crippen molar-refractivity contribution in [2.45, 2.75) is 0 Å². The standard InChI is InChI=1S/C23H21N5O4/c1-31-23-25-11-15(12-26-23)14-8-17-16-3-2-13(22(30)28-4-6-32-7-5-28)10-19(16)27-20(17)18(9-14)21(24)29/h2-3,8-12,27H,4-7H2,1H3,(H2,24,29). The fourth-order valence-electron chi connectivity index (χ4n) is 4.02. The third-order valence-electron chi connectivity index (χ3n) is 5.66. The van der Waals surface area contributed by atoms with E-state index in [2.05, 4.69) is 15.0 Å². The lowest BCUT2D eigenvalue weighted by molar-refractivity contribution is 0.0303. The monoisotopic (exact) mass is 431 g/mol. The number of ether oxygens (including phenoxy) is 2. The summed E-state index contributed by atoms with van der Waals surface area (Å²) in [6.45, 7) is 2.23. The van der Waals surface area contributed by atoms with Crippen LogP contribution in [0, 0.1) is 0 Å². The van der Waals surface area contributed by atoms with E-state index >= 15 is 0 Å². The summed E-state index contributed by atoms with van der Waals surface area (Å²) in [5, 5.41) is 1.71. The van der Waals surface area contributed by atoms with Gasteiger partial charge in [0, 0.05) is 52.9 Å². The van der Waals surface area contributed by atoms with E-state index in [-0.39, 0.29) is 11.9 Å². The fourth-order valence-corrected chi connectivity index (χ4v) is 4.02. The topological polar surface area (TPSA) is 123 Å². The average molecular weight is 431 g/mol. The van der Waals surface area contributed by atoms with Crippen LogP contribution < -0.4 is 10.5 Å². The van der Waals surface area contributed by atoms with Crippen molar-refractivity contribution in [3.05, 3.63) is 53.9 Å². The SMILES string of the molecule is COc1ncc(-c2cc(C(N)=O)c3[nH]c4cc(C(=O)N5CCOCC5)ccc4c3c2)cn1. The molecule has 0 radical (unpaired) electrons. The molecule has 2 aromatic carbocycles. The van der Waals surface area contributed by atoms with Crippen molar-refractivity contribution in [2.24, 2.45) is 5.73 Å². The number of benzene rings is 2. The van der Waals surface area contributed by atoms with Crippen LogP contribution in [0.3, 0.4) is 0 Å². The predicted molar refractivity (Wildman–Crippen MR) is 119 cm³/mol. The summed E-state index contributed by atoms with van der Waals surface area (Å²) >= 11 is 0. The molecule has 32 heavy (non-hydrogen) atoms. The van der Waals surface area contributed by atoms with Gasteiger partial charge >= 0.3 is 6.01 Å². The molecule has 2 aromatic heterocycles. The van der Waals surface area contributed by atoms with E-state index in [1.54, 1.807) is 29.4 Å². The molecule has 4 aromatic rings. The smallest absolute Gasteiger partial charge is 0.316 e. The Kier molecular flexibility index (Phi) is 4.95. The second-order valence-corrected chi connectivity index (χ2v) is 7.56. The first-order valence-electron chi connectivity index (χ1n) is 10.2. The maximum atomic E-state index is 12.9. The minimum absolute atomic E-state index is 0.0416. The Morgan fingerprint density at radius 3 is 2.50 bits per heavy atom. The number of nitrogens with zero attached hydrogens (tertiary/aromatic N) is 3. The lowest BCUT2D eigenvalue weighted by Crippen LogP contribution is -2.40. The van der Waals surface area contributed by atoms with Crippen LogP contribution in [-0.2, 0) is 4.74 Å². The number of H-pyrrole nitrogens is 1. The van der Waals surface area contributed by atoms with Gasteiger partial charge in [-0.25, -0.2) is 9.97 Å². The van der Waals surface area contributed by atoms with Gasteiger partial charge in [0.25, 0.3) is 11.8 Å². The molecular formula is C23H21N5O4. The highest BCUT2D eigenvalue weighted by atomic mass is 16.5. The van der Waals surface area contributed by atoms with Crippen molar-refractivity contribution in [3.8, 4) is 17.1 Å². The number of hydrogen-bond acceptors (Lipinski definition) is 6. The van der Waals surface area contributed by atoms with Crippen molar-refractivity contribution in [1.29, 1.82) is 0 Å². The van der Waals surface area contributed by atoms with Gasteiger partial charge < -0.3 is 25.1 Å². The Bertz CT molecular complexity index is 1340. The maximum Gasteiger partial charge on any atom is 0.316 e. The number of nitrogens with two attached hydrogens (primary N) is 1. The summed E-state index contributed by atoms with van der Waals surface area (Å²) in [6.07, 6.45) is 3.26. The van der Waals surface area contributed by atoms with E-state index in [1.807, 2.05) is 18.2 Å². The van der Waals surface area contributed by atoms with Gasteiger partial charge in [0.15, 0.2) is 0 Å². The van der Waals surface area contributed by atoms with Crippen LogP contribution in [0.5, 0.6) is 6.01 Å². The summed E-state index contributed by atoms with van der Waals surface area (Å²) in [5.41, 5.74) is 9.48. The van der Waals surface area contributed by atoms with Gasteiger partial charge in [-0.2, -0.15) is 0 Å². The van der Waals surface area contributed by atoms with Crippen LogP contribution in [0.2, 0.25) is 0 Å². The van der Waals surface area contributed by atoms with Crippen LogP contribution in [0.25, 0.3) is 32.9 Å². The Morgan fingerprint density at radius 2 is 1.81 bits per heavy atom. The molecule has 5 rings (SSSR count). The number of rotatable bonds is 4. The van der Waals surface area contributed by atoms with E-state index in [0.717, 1.165) is 27.4 Å². The summed E-state index contributed by atoms with van der Waals surface area (Å²) in [6, 6.07) is 9.44. The highest BCUT2D eigenvalue weighted by Gasteiger charge is 2.20. The Labute approximate surface area is 183 Å². The number of amides is 2. The van der Waals surface area contributed by atoms with Crippen LogP contribution >= 0.6 is 0 Å². The minimum atomic E-state index is -0.553. The van der Waals surface area contributed by atoms with Crippen molar-refractivity contribution in [3.63, 3.8) is 0 Å². The normalized spacial score (nSPS) is 14.1. The van der Waals surface area contributed by atoms with E-state index < -0.39 is 5.91 Å². The van der Waals surface area contributed by atoms with Crippen molar-refractivity contribution >= 4 is 33.6 Å². The van der Waals surface area contributed by atoms with Crippen molar-refractivity contribution in [2.75, 3.05) is 33.4 Å². The molecule has 9 nitrogen and oxygen atoms in total. The molecule has 1 aliphatic heterocycles. The van der Waals surface area contributed by atoms with Crippen LogP contribution in [0.1, 0.15) is 20.7 Å². The summed E-state index contributed by atoms with van der Waals surface area (Å²) < 4.78 is 10.3. The third kappa shape index (κ3) is 3.42. The number of methoxy groups -OCH3 is 1. The number of nitrogens with one attached hydrogen (secondary N) is 1. The highest BCUT2D eigenvalue weighted by molar-refractivity contribution is 6.16. The molecule has 3 heterocycles. The summed E-state index contributed by atoms with van der Waals surface area (Å²) in [4.78, 5) is 38.5. The number of carbonyl (C=O) groups excluding carboxylic acids is 2. The second kappa shape index (κ2) is 7.93. The number of primary amides is 1. The van der Waals surface area contributed by atoms with Crippen molar-refractivity contribution < 1.29 is 19.1 Å². The maximum absolute atomic E-state index is 12.9. The quantitative estimate of drug-likeness (QED) is 0.511. The van der Waals surface area contributed by atoms with Crippen LogP contribution in [-0.4, -0.2) is 65.1 Å². The molecule has 0 spiro atoms. The molecule has 3 N–H and O–H groups in total. The zero-order valence-corrected chi connectivity index (χ0v) is 17.4. The molecule has 2 amide bonds. The number of fused-ring (bicyclic) bond motifs is 3. The molecule has 9 heteroatoms. The Hall–Kier alpha value is -3.98. The second-order valence-electron chi connectivity index (χ2n) is 7.56. The first kappa shape index (κ1) is 20.0. The van der Waals surface area contributed by atoms with Gasteiger partial charge in [0.2, 0.25) is 0 Å². The molecule has 0 atom stereocenters. The fraction of sp³-hybridized carbons (Fsp3) is 0.217. The first-order chi connectivity index (χ1) is 15.5. The van der Waals surface area contributed by atoms with E-state index in [4.69, 9.17) is 15.2 Å². The number of aromatic amines is 1. The molecule has 1 aliphatic rings. The van der Waals surface area contributed by atoms with Crippen LogP contribution in [0.15, 0.2) is 42.7 Å². The zero-order chi connectivity index (χ0) is 22.2. The number of morpholine rings is 1. The highest BCUT2D eigenvalue weighted by Crippen LogP contribution is 2.33. The number of aromatic nitrogens is 3. The Morgan fingerprint density at radius 1 is 1.06 bits per heavy atom.